The highest BCUT2D eigenvalue weighted by molar-refractivity contribution is 7.89. The summed E-state index contributed by atoms with van der Waals surface area (Å²) in [6.07, 6.45) is -0.277. The second kappa shape index (κ2) is 13.7. The van der Waals surface area contributed by atoms with Gasteiger partial charge >= 0.3 is 12.1 Å². The molecule has 4 rings (SSSR count). The van der Waals surface area contributed by atoms with Crippen molar-refractivity contribution in [3.05, 3.63) is 70.3 Å². The molecule has 0 radical (unpaired) electrons. The molecule has 0 saturated carbocycles. The molecule has 256 valence electrons. The first-order chi connectivity index (χ1) is 22.0. The van der Waals surface area contributed by atoms with Gasteiger partial charge in [0, 0.05) is 31.6 Å². The first-order valence-corrected chi connectivity index (χ1v) is 19.8. The Morgan fingerprint density at radius 2 is 1.72 bits per heavy atom. The van der Waals surface area contributed by atoms with Crippen LogP contribution in [0.5, 0.6) is 0 Å². The number of non-ortho nitro benzene ring substituents is 1. The van der Waals surface area contributed by atoms with E-state index in [1.165, 1.54) is 12.0 Å². The van der Waals surface area contributed by atoms with Crippen molar-refractivity contribution in [2.45, 2.75) is 75.2 Å². The molecule has 0 aliphatic carbocycles. The lowest BCUT2D eigenvalue weighted by Gasteiger charge is -2.48. The molecular formula is C32H43N3O10SSi. The number of nitro benzene ring substituents is 1. The SMILES string of the molecule is COC(=O)CC[C@@H]1CN(C(=O)OCc2ccccc2)[C@]2(CO[Si](C)(C)C(C)(C)C)C(=O)N(S(=O)(=O)c3ccc([N+](=O)[O-])cc3)CC[C@H]12. The van der Waals surface area contributed by atoms with E-state index in [0.717, 1.165) is 34.1 Å². The van der Waals surface area contributed by atoms with Gasteiger partial charge in [0.1, 0.15) is 6.61 Å². The van der Waals surface area contributed by atoms with Gasteiger partial charge in [-0.1, -0.05) is 51.1 Å². The zero-order valence-corrected chi connectivity index (χ0v) is 29.4. The van der Waals surface area contributed by atoms with Gasteiger partial charge in [-0.25, -0.2) is 17.5 Å². The third kappa shape index (κ3) is 7.21. The maximum Gasteiger partial charge on any atom is 0.411 e. The van der Waals surface area contributed by atoms with Crippen LogP contribution < -0.4 is 0 Å². The Morgan fingerprint density at radius 1 is 1.09 bits per heavy atom. The summed E-state index contributed by atoms with van der Waals surface area (Å²) in [5, 5.41) is 10.9. The number of esters is 1. The third-order valence-electron chi connectivity index (χ3n) is 9.79. The standard InChI is InChI=1S/C32H43N3O10SSi/c1-31(2,3)47(5,6)45-22-32-27(18-19-34(29(32)37)46(41,42)26-15-13-25(14-16-26)35(39)40)24(12-17-28(36)43-4)20-33(32)30(38)44-21-23-10-8-7-9-11-23/h7-11,13-16,24,27H,12,17-22H2,1-6H3/t24-,27-,32+/m1/s1. The van der Waals surface area contributed by atoms with Crippen LogP contribution in [0.2, 0.25) is 18.1 Å². The average Bonchev–Trinajstić information content (AvgIpc) is 3.36. The number of ether oxygens (including phenoxy) is 2. The van der Waals surface area contributed by atoms with Crippen LogP contribution >= 0.6 is 0 Å². The number of hydrogen-bond donors (Lipinski definition) is 0. The van der Waals surface area contributed by atoms with Crippen molar-refractivity contribution >= 4 is 42.0 Å². The quantitative estimate of drug-likeness (QED) is 0.134. The van der Waals surface area contributed by atoms with Crippen molar-refractivity contribution in [2.24, 2.45) is 11.8 Å². The fourth-order valence-corrected chi connectivity index (χ4v) is 8.49. The zero-order chi connectivity index (χ0) is 34.8. The topological polar surface area (TPSA) is 163 Å². The summed E-state index contributed by atoms with van der Waals surface area (Å²) in [6, 6.07) is 13.3. The monoisotopic (exact) mass is 689 g/mol. The molecule has 47 heavy (non-hydrogen) atoms. The van der Waals surface area contributed by atoms with E-state index in [1.54, 1.807) is 24.3 Å². The number of carbonyl (C=O) groups is 3. The van der Waals surface area contributed by atoms with Gasteiger partial charge in [-0.15, -0.1) is 0 Å². The van der Waals surface area contributed by atoms with E-state index in [1.807, 2.05) is 39.9 Å². The molecule has 2 amide bonds. The normalized spacial score (nSPS) is 21.7. The van der Waals surface area contributed by atoms with Crippen LogP contribution in [0.25, 0.3) is 0 Å². The second-order valence-corrected chi connectivity index (χ2v) is 20.2. The molecule has 2 aromatic rings. The smallest absolute Gasteiger partial charge is 0.411 e. The summed E-state index contributed by atoms with van der Waals surface area (Å²) >= 11 is 0. The van der Waals surface area contributed by atoms with Crippen LogP contribution in [-0.2, 0) is 40.1 Å². The molecule has 0 bridgehead atoms. The van der Waals surface area contributed by atoms with E-state index >= 15 is 0 Å². The minimum atomic E-state index is -4.50. The molecular weight excluding hydrogens is 647 g/mol. The molecule has 2 aromatic carbocycles. The van der Waals surface area contributed by atoms with E-state index in [2.05, 4.69) is 0 Å². The number of amides is 2. The summed E-state index contributed by atoms with van der Waals surface area (Å²) in [5.74, 6) is -2.21. The van der Waals surface area contributed by atoms with Crippen molar-refractivity contribution < 1.29 is 41.6 Å². The van der Waals surface area contributed by atoms with Crippen LogP contribution in [-0.4, -0.2) is 81.2 Å². The van der Waals surface area contributed by atoms with E-state index in [-0.39, 0.29) is 60.7 Å². The number of methoxy groups -OCH3 is 1. The number of rotatable bonds is 11. The highest BCUT2D eigenvalue weighted by atomic mass is 32.2. The van der Waals surface area contributed by atoms with Crippen LogP contribution in [0.15, 0.2) is 59.5 Å². The molecule has 0 spiro atoms. The minimum Gasteiger partial charge on any atom is -0.469 e. The van der Waals surface area contributed by atoms with E-state index < -0.39 is 52.7 Å². The van der Waals surface area contributed by atoms with Gasteiger partial charge in [0.15, 0.2) is 13.9 Å². The first kappa shape index (κ1) is 36.0. The largest absolute Gasteiger partial charge is 0.469 e. The van der Waals surface area contributed by atoms with Gasteiger partial charge in [-0.2, -0.15) is 0 Å². The predicted octanol–water partition coefficient (Wildman–Crippen LogP) is 5.11. The molecule has 2 fully saturated rings. The Kier molecular flexibility index (Phi) is 10.5. The van der Waals surface area contributed by atoms with E-state index in [4.69, 9.17) is 13.9 Å². The lowest BCUT2D eigenvalue weighted by Crippen LogP contribution is -2.68. The molecule has 2 heterocycles. The molecule has 3 atom stereocenters. The number of fused-ring (bicyclic) bond motifs is 1. The molecule has 2 aliphatic heterocycles. The molecule has 0 unspecified atom stereocenters. The predicted molar refractivity (Wildman–Crippen MR) is 174 cm³/mol. The van der Waals surface area contributed by atoms with Crippen LogP contribution in [0.3, 0.4) is 0 Å². The second-order valence-electron chi connectivity index (χ2n) is 13.5. The Labute approximate surface area is 276 Å². The number of carbonyl (C=O) groups excluding carboxylic acids is 3. The highest BCUT2D eigenvalue weighted by Gasteiger charge is 2.65. The van der Waals surface area contributed by atoms with Gasteiger partial charge in [0.2, 0.25) is 0 Å². The maximum absolute atomic E-state index is 14.9. The van der Waals surface area contributed by atoms with Gasteiger partial charge in [-0.05, 0) is 60.5 Å². The Morgan fingerprint density at radius 3 is 2.30 bits per heavy atom. The van der Waals surface area contributed by atoms with E-state index in [0.29, 0.717) is 6.42 Å². The number of nitrogens with zero attached hydrogens (tertiary/aromatic N) is 3. The molecule has 15 heteroatoms. The van der Waals surface area contributed by atoms with Crippen LogP contribution in [0, 0.1) is 22.0 Å². The van der Waals surface area contributed by atoms with Crippen LogP contribution in [0.4, 0.5) is 10.5 Å². The summed E-state index contributed by atoms with van der Waals surface area (Å²) in [4.78, 5) is 52.6. The Balaban J connectivity index is 1.80. The molecule has 2 saturated heterocycles. The maximum atomic E-state index is 14.9. The van der Waals surface area contributed by atoms with E-state index in [9.17, 15) is 32.9 Å². The fraction of sp³-hybridized carbons (Fsp3) is 0.531. The number of hydrogen-bond acceptors (Lipinski definition) is 10. The average molecular weight is 690 g/mol. The molecule has 13 nitrogen and oxygen atoms in total. The number of piperidine rings is 1. The number of likely N-dealkylation sites (tertiary alicyclic amines) is 1. The van der Waals surface area contributed by atoms with Crippen molar-refractivity contribution in [3.8, 4) is 0 Å². The van der Waals surface area contributed by atoms with Gasteiger partial charge in [-0.3, -0.25) is 24.6 Å². The van der Waals surface area contributed by atoms with Crippen molar-refractivity contribution in [1.29, 1.82) is 0 Å². The van der Waals surface area contributed by atoms with Crippen molar-refractivity contribution in [3.63, 3.8) is 0 Å². The molecule has 0 aromatic heterocycles. The lowest BCUT2D eigenvalue weighted by atomic mass is 9.74. The van der Waals surface area contributed by atoms with Crippen LogP contribution in [0.1, 0.15) is 45.6 Å². The van der Waals surface area contributed by atoms with Gasteiger partial charge in [0.25, 0.3) is 21.6 Å². The summed E-state index contributed by atoms with van der Waals surface area (Å²) in [5.41, 5.74) is -1.34. The number of sulfonamides is 1. The Hall–Kier alpha value is -3.82. The lowest BCUT2D eigenvalue weighted by molar-refractivity contribution is -0.384. The Bertz CT molecular complexity index is 1590. The fourth-order valence-electron chi connectivity index (χ4n) is 6.02. The summed E-state index contributed by atoms with van der Waals surface area (Å²) < 4.78 is 46.0. The van der Waals surface area contributed by atoms with Gasteiger partial charge < -0.3 is 13.9 Å². The highest BCUT2D eigenvalue weighted by Crippen LogP contribution is 2.49. The minimum absolute atomic E-state index is 0.0350. The molecule has 0 N–H and O–H groups in total. The zero-order valence-electron chi connectivity index (χ0n) is 27.6. The molecule has 2 aliphatic rings. The number of nitro groups is 1. The third-order valence-corrected chi connectivity index (χ3v) is 16.1. The number of benzene rings is 2. The summed E-state index contributed by atoms with van der Waals surface area (Å²) in [7, 11) is -5.78. The summed E-state index contributed by atoms with van der Waals surface area (Å²) in [6.45, 7) is 9.59. The van der Waals surface area contributed by atoms with Crippen molar-refractivity contribution in [2.75, 3.05) is 26.8 Å². The van der Waals surface area contributed by atoms with Gasteiger partial charge in [0.05, 0.1) is 23.5 Å². The van der Waals surface area contributed by atoms with Crippen molar-refractivity contribution in [1.82, 2.24) is 9.21 Å². The first-order valence-electron chi connectivity index (χ1n) is 15.5.